The van der Waals surface area contributed by atoms with Gasteiger partial charge in [-0.05, 0) is 53.2 Å². The van der Waals surface area contributed by atoms with E-state index >= 15 is 0 Å². The summed E-state index contributed by atoms with van der Waals surface area (Å²) in [6.07, 6.45) is 0. The van der Waals surface area contributed by atoms with Gasteiger partial charge >= 0.3 is 5.69 Å². The van der Waals surface area contributed by atoms with Crippen molar-refractivity contribution in [2.24, 2.45) is 0 Å². The second kappa shape index (κ2) is 7.16. The number of ether oxygens (including phenoxy) is 1. The third-order valence-corrected chi connectivity index (χ3v) is 4.49. The summed E-state index contributed by atoms with van der Waals surface area (Å²) in [7, 11) is 3.50. The van der Waals surface area contributed by atoms with E-state index in [1.807, 2.05) is 41.6 Å². The van der Waals surface area contributed by atoms with Gasteiger partial charge in [-0.3, -0.25) is 4.90 Å². The molecular formula is C15H16ClN5O2S. The van der Waals surface area contributed by atoms with E-state index in [-0.39, 0.29) is 5.69 Å². The molecule has 7 nitrogen and oxygen atoms in total. The van der Waals surface area contributed by atoms with Crippen molar-refractivity contribution in [3.63, 3.8) is 0 Å². The zero-order valence-corrected chi connectivity index (χ0v) is 14.8. The lowest BCUT2D eigenvalue weighted by molar-refractivity contribution is 0.236. The monoisotopic (exact) mass is 365 g/mol. The molecular weight excluding hydrogens is 350 g/mol. The standard InChI is InChI=1S/C15H16ClN5O2S/c1-19(9-11-8-12(16)5-6-13(11)23-2)10-20-15(22)21(18-17-20)14-4-3-7-24-14/h3-8H,9-10H2,1-2H3. The van der Waals surface area contributed by atoms with Gasteiger partial charge in [0.15, 0.2) is 0 Å². The lowest BCUT2D eigenvalue weighted by Crippen LogP contribution is -2.31. The van der Waals surface area contributed by atoms with Crippen LogP contribution in [0.5, 0.6) is 5.75 Å². The summed E-state index contributed by atoms with van der Waals surface area (Å²) in [4.78, 5) is 14.3. The van der Waals surface area contributed by atoms with Crippen molar-refractivity contribution in [3.8, 4) is 10.8 Å². The number of rotatable bonds is 6. The van der Waals surface area contributed by atoms with Crippen molar-refractivity contribution in [3.05, 3.63) is 56.8 Å². The highest BCUT2D eigenvalue weighted by Crippen LogP contribution is 2.23. The Morgan fingerprint density at radius 3 is 2.88 bits per heavy atom. The van der Waals surface area contributed by atoms with E-state index in [0.29, 0.717) is 18.2 Å². The molecule has 24 heavy (non-hydrogen) atoms. The summed E-state index contributed by atoms with van der Waals surface area (Å²) in [6, 6.07) is 9.14. The van der Waals surface area contributed by atoms with Gasteiger partial charge in [-0.2, -0.15) is 9.36 Å². The quantitative estimate of drug-likeness (QED) is 0.670. The van der Waals surface area contributed by atoms with Crippen LogP contribution in [-0.2, 0) is 13.2 Å². The van der Waals surface area contributed by atoms with Crippen LogP contribution in [-0.4, -0.2) is 38.8 Å². The molecule has 0 atom stereocenters. The zero-order chi connectivity index (χ0) is 17.1. The third kappa shape index (κ3) is 3.50. The van der Waals surface area contributed by atoms with Crippen molar-refractivity contribution in [1.29, 1.82) is 0 Å². The highest BCUT2D eigenvalue weighted by Gasteiger charge is 2.13. The van der Waals surface area contributed by atoms with Gasteiger partial charge in [0.2, 0.25) is 0 Å². The molecule has 0 bridgehead atoms. The third-order valence-electron chi connectivity index (χ3n) is 3.41. The lowest BCUT2D eigenvalue weighted by atomic mass is 10.2. The summed E-state index contributed by atoms with van der Waals surface area (Å²) in [5, 5.41) is 11.1. The molecule has 2 heterocycles. The maximum Gasteiger partial charge on any atom is 0.370 e. The molecule has 0 spiro atoms. The van der Waals surface area contributed by atoms with E-state index < -0.39 is 0 Å². The molecule has 0 fully saturated rings. The highest BCUT2D eigenvalue weighted by molar-refractivity contribution is 7.12. The summed E-state index contributed by atoms with van der Waals surface area (Å²) in [5.41, 5.74) is 0.661. The molecule has 3 aromatic rings. The van der Waals surface area contributed by atoms with Crippen LogP contribution in [0.3, 0.4) is 0 Å². The maximum absolute atomic E-state index is 12.4. The molecule has 0 aliphatic rings. The molecule has 0 radical (unpaired) electrons. The predicted molar refractivity (Wildman–Crippen MR) is 93.0 cm³/mol. The van der Waals surface area contributed by atoms with Gasteiger partial charge in [0.1, 0.15) is 17.4 Å². The van der Waals surface area contributed by atoms with Crippen LogP contribution in [0.4, 0.5) is 0 Å². The first-order valence-electron chi connectivity index (χ1n) is 7.16. The Morgan fingerprint density at radius 1 is 1.33 bits per heavy atom. The molecule has 9 heteroatoms. The van der Waals surface area contributed by atoms with Crippen LogP contribution >= 0.6 is 22.9 Å². The van der Waals surface area contributed by atoms with Crippen LogP contribution < -0.4 is 10.4 Å². The van der Waals surface area contributed by atoms with Gasteiger partial charge in [-0.1, -0.05) is 11.6 Å². The fourth-order valence-corrected chi connectivity index (χ4v) is 3.19. The van der Waals surface area contributed by atoms with Crippen LogP contribution in [0.25, 0.3) is 5.00 Å². The zero-order valence-electron chi connectivity index (χ0n) is 13.2. The molecule has 0 aliphatic carbocycles. The van der Waals surface area contributed by atoms with Crippen molar-refractivity contribution >= 4 is 22.9 Å². The average Bonchev–Trinajstić information content (AvgIpc) is 3.18. The number of halogens is 1. The van der Waals surface area contributed by atoms with E-state index in [9.17, 15) is 4.79 Å². The topological polar surface area (TPSA) is 65.2 Å². The Balaban J connectivity index is 1.75. The summed E-state index contributed by atoms with van der Waals surface area (Å²) in [5.74, 6) is 0.751. The van der Waals surface area contributed by atoms with Crippen molar-refractivity contribution < 1.29 is 4.74 Å². The SMILES string of the molecule is COc1ccc(Cl)cc1CN(C)Cn1nnn(-c2cccs2)c1=O. The maximum atomic E-state index is 12.4. The van der Waals surface area contributed by atoms with Crippen molar-refractivity contribution in [1.82, 2.24) is 24.7 Å². The number of tetrazole rings is 1. The fraction of sp³-hybridized carbons (Fsp3) is 0.267. The largest absolute Gasteiger partial charge is 0.496 e. The van der Waals surface area contributed by atoms with E-state index in [1.165, 1.54) is 20.7 Å². The van der Waals surface area contributed by atoms with E-state index in [2.05, 4.69) is 10.4 Å². The van der Waals surface area contributed by atoms with Crippen molar-refractivity contribution in [2.45, 2.75) is 13.2 Å². The van der Waals surface area contributed by atoms with Crippen LogP contribution in [0.1, 0.15) is 5.56 Å². The van der Waals surface area contributed by atoms with E-state index in [0.717, 1.165) is 16.3 Å². The van der Waals surface area contributed by atoms with Crippen LogP contribution in [0, 0.1) is 0 Å². The van der Waals surface area contributed by atoms with Crippen LogP contribution in [0.2, 0.25) is 5.02 Å². The Hall–Kier alpha value is -2.16. The number of hydrogen-bond acceptors (Lipinski definition) is 6. The van der Waals surface area contributed by atoms with Gasteiger partial charge in [-0.25, -0.2) is 4.79 Å². The predicted octanol–water partition coefficient (Wildman–Crippen LogP) is 2.24. The Labute approximate surface area is 147 Å². The molecule has 2 aromatic heterocycles. The first kappa shape index (κ1) is 16.7. The first-order chi connectivity index (χ1) is 11.6. The van der Waals surface area contributed by atoms with Gasteiger partial charge in [-0.15, -0.1) is 11.3 Å². The summed E-state index contributed by atoms with van der Waals surface area (Å²) < 4.78 is 7.95. The van der Waals surface area contributed by atoms with Crippen LogP contribution in [0.15, 0.2) is 40.5 Å². The van der Waals surface area contributed by atoms with Crippen molar-refractivity contribution in [2.75, 3.05) is 14.2 Å². The molecule has 0 saturated carbocycles. The molecule has 0 N–H and O–H groups in total. The van der Waals surface area contributed by atoms with Gasteiger partial charge in [0.05, 0.1) is 7.11 Å². The minimum atomic E-state index is -0.276. The molecule has 0 aliphatic heterocycles. The highest BCUT2D eigenvalue weighted by atomic mass is 35.5. The number of methoxy groups -OCH3 is 1. The summed E-state index contributed by atoms with van der Waals surface area (Å²) >= 11 is 7.48. The molecule has 0 amide bonds. The second-order valence-corrected chi connectivity index (χ2v) is 6.60. The lowest BCUT2D eigenvalue weighted by Gasteiger charge is -2.17. The number of hydrogen-bond donors (Lipinski definition) is 0. The minimum absolute atomic E-state index is 0.276. The van der Waals surface area contributed by atoms with Gasteiger partial charge in [0, 0.05) is 17.1 Å². The number of thiophene rings is 1. The summed E-state index contributed by atoms with van der Waals surface area (Å²) in [6.45, 7) is 0.863. The Bertz CT molecular complexity index is 874. The number of aromatic nitrogens is 4. The normalized spacial score (nSPS) is 11.2. The molecule has 3 rings (SSSR count). The first-order valence-corrected chi connectivity index (χ1v) is 8.42. The van der Waals surface area contributed by atoms with Gasteiger partial charge < -0.3 is 4.74 Å². The minimum Gasteiger partial charge on any atom is -0.496 e. The van der Waals surface area contributed by atoms with E-state index in [1.54, 1.807) is 13.2 Å². The smallest absolute Gasteiger partial charge is 0.370 e. The second-order valence-electron chi connectivity index (χ2n) is 5.24. The molecule has 0 unspecified atom stereocenters. The fourth-order valence-electron chi connectivity index (χ4n) is 2.33. The Kier molecular flexibility index (Phi) is 4.98. The Morgan fingerprint density at radius 2 is 2.17 bits per heavy atom. The average molecular weight is 366 g/mol. The van der Waals surface area contributed by atoms with Gasteiger partial charge in [0.25, 0.3) is 0 Å². The molecule has 126 valence electrons. The molecule has 0 saturated heterocycles. The number of nitrogens with zero attached hydrogens (tertiary/aromatic N) is 5. The molecule has 1 aromatic carbocycles. The number of benzene rings is 1. The van der Waals surface area contributed by atoms with E-state index in [4.69, 9.17) is 16.3 Å².